The maximum absolute atomic E-state index is 11.6. The summed E-state index contributed by atoms with van der Waals surface area (Å²) in [6.07, 6.45) is 1.53. The second kappa shape index (κ2) is 7.19. The first kappa shape index (κ1) is 15.4. The van der Waals surface area contributed by atoms with Crippen LogP contribution in [0.4, 0.5) is 23.1 Å². The largest absolute Gasteiger partial charge is 0.465 e. The molecule has 2 N–H and O–H groups in total. The van der Waals surface area contributed by atoms with Gasteiger partial charge in [0.2, 0.25) is 5.95 Å². The number of hydrogen-bond acceptors (Lipinski definition) is 7. The van der Waals surface area contributed by atoms with E-state index in [0.29, 0.717) is 23.0 Å². The fourth-order valence-corrected chi connectivity index (χ4v) is 2.06. The number of anilines is 4. The van der Waals surface area contributed by atoms with Crippen LogP contribution in [-0.2, 0) is 4.74 Å². The molecule has 1 heterocycles. The van der Waals surface area contributed by atoms with E-state index in [-0.39, 0.29) is 0 Å². The molecule has 0 amide bonds. The van der Waals surface area contributed by atoms with Crippen molar-refractivity contribution in [3.8, 4) is 0 Å². The van der Waals surface area contributed by atoms with Crippen molar-refractivity contribution in [2.24, 2.45) is 0 Å². The van der Waals surface area contributed by atoms with Gasteiger partial charge in [0.15, 0.2) is 5.82 Å². The van der Waals surface area contributed by atoms with Crippen LogP contribution in [-0.4, -0.2) is 28.3 Å². The van der Waals surface area contributed by atoms with E-state index in [4.69, 9.17) is 4.74 Å². The van der Waals surface area contributed by atoms with Crippen molar-refractivity contribution in [2.75, 3.05) is 17.7 Å². The summed E-state index contributed by atoms with van der Waals surface area (Å²) in [7, 11) is 1.34. The Morgan fingerprint density at radius 2 is 1.79 bits per heavy atom. The zero-order valence-electron chi connectivity index (χ0n) is 12.9. The Balaban J connectivity index is 1.76. The third-order valence-corrected chi connectivity index (χ3v) is 3.14. The van der Waals surface area contributed by atoms with Crippen LogP contribution in [0.1, 0.15) is 10.4 Å². The van der Waals surface area contributed by atoms with Crippen LogP contribution in [0, 0.1) is 0 Å². The molecule has 0 saturated heterocycles. The minimum Gasteiger partial charge on any atom is -0.465 e. The highest BCUT2D eigenvalue weighted by Gasteiger charge is 2.07. The number of aromatic nitrogens is 3. The monoisotopic (exact) mass is 321 g/mol. The van der Waals surface area contributed by atoms with Gasteiger partial charge >= 0.3 is 5.97 Å². The summed E-state index contributed by atoms with van der Waals surface area (Å²) >= 11 is 0. The Kier molecular flexibility index (Phi) is 4.62. The molecule has 0 radical (unpaired) electrons. The van der Waals surface area contributed by atoms with Crippen molar-refractivity contribution in [1.29, 1.82) is 0 Å². The van der Waals surface area contributed by atoms with Crippen molar-refractivity contribution in [1.82, 2.24) is 15.2 Å². The van der Waals surface area contributed by atoms with Crippen LogP contribution in [0.15, 0.2) is 60.8 Å². The van der Waals surface area contributed by atoms with E-state index < -0.39 is 5.97 Å². The number of para-hydroxylation sites is 1. The summed E-state index contributed by atoms with van der Waals surface area (Å²) < 4.78 is 4.71. The highest BCUT2D eigenvalue weighted by Crippen LogP contribution is 2.17. The normalized spacial score (nSPS) is 10.0. The minimum atomic E-state index is -0.405. The van der Waals surface area contributed by atoms with E-state index >= 15 is 0 Å². The molecule has 2 aromatic carbocycles. The summed E-state index contributed by atoms with van der Waals surface area (Å²) in [6.45, 7) is 0. The van der Waals surface area contributed by atoms with Gasteiger partial charge in [-0.3, -0.25) is 0 Å². The molecule has 0 saturated carbocycles. The van der Waals surface area contributed by atoms with E-state index in [9.17, 15) is 4.79 Å². The Morgan fingerprint density at radius 1 is 1.00 bits per heavy atom. The molecular formula is C17H15N5O2. The molecule has 7 nitrogen and oxygen atoms in total. The number of benzene rings is 2. The molecule has 0 fully saturated rings. The van der Waals surface area contributed by atoms with Crippen molar-refractivity contribution in [3.05, 3.63) is 66.4 Å². The van der Waals surface area contributed by atoms with Gasteiger partial charge in [-0.05, 0) is 30.3 Å². The smallest absolute Gasteiger partial charge is 0.337 e. The molecule has 24 heavy (non-hydrogen) atoms. The average molecular weight is 321 g/mol. The summed E-state index contributed by atoms with van der Waals surface area (Å²) in [5.74, 6) is 0.470. The lowest BCUT2D eigenvalue weighted by molar-refractivity contribution is 0.0601. The second-order valence-electron chi connectivity index (χ2n) is 4.85. The Hall–Kier alpha value is -3.48. The quantitative estimate of drug-likeness (QED) is 0.698. The lowest BCUT2D eigenvalue weighted by atomic mass is 10.2. The number of nitrogens with zero attached hydrogens (tertiary/aromatic N) is 3. The van der Waals surface area contributed by atoms with Gasteiger partial charge in [-0.25, -0.2) is 4.79 Å². The van der Waals surface area contributed by atoms with Crippen LogP contribution in [0.25, 0.3) is 0 Å². The molecular weight excluding hydrogens is 306 g/mol. The lowest BCUT2D eigenvalue weighted by Gasteiger charge is -2.08. The molecule has 0 aliphatic carbocycles. The van der Waals surface area contributed by atoms with E-state index in [1.54, 1.807) is 24.3 Å². The number of methoxy groups -OCH3 is 1. The fourth-order valence-electron chi connectivity index (χ4n) is 2.06. The molecule has 0 bridgehead atoms. The molecule has 0 unspecified atom stereocenters. The maximum Gasteiger partial charge on any atom is 0.337 e. The Bertz CT molecular complexity index is 839. The molecule has 0 aliphatic rings. The Morgan fingerprint density at radius 3 is 2.58 bits per heavy atom. The van der Waals surface area contributed by atoms with E-state index in [0.717, 1.165) is 5.69 Å². The second-order valence-corrected chi connectivity index (χ2v) is 4.85. The van der Waals surface area contributed by atoms with Gasteiger partial charge in [-0.1, -0.05) is 24.3 Å². The van der Waals surface area contributed by atoms with Crippen molar-refractivity contribution >= 4 is 29.1 Å². The first-order valence-electron chi connectivity index (χ1n) is 7.22. The van der Waals surface area contributed by atoms with Crippen molar-refractivity contribution in [2.45, 2.75) is 0 Å². The van der Waals surface area contributed by atoms with Gasteiger partial charge in [0.1, 0.15) is 0 Å². The fraction of sp³-hybridized carbons (Fsp3) is 0.0588. The number of carbonyl (C=O) groups is 1. The number of carbonyl (C=O) groups excluding carboxylic acids is 1. The third-order valence-electron chi connectivity index (χ3n) is 3.14. The maximum atomic E-state index is 11.6. The molecule has 120 valence electrons. The predicted octanol–water partition coefficient (Wildman–Crippen LogP) is 3.15. The van der Waals surface area contributed by atoms with E-state index in [1.165, 1.54) is 13.3 Å². The predicted molar refractivity (Wildman–Crippen MR) is 90.6 cm³/mol. The van der Waals surface area contributed by atoms with Crippen LogP contribution in [0.5, 0.6) is 0 Å². The van der Waals surface area contributed by atoms with Gasteiger partial charge in [-0.15, -0.1) is 5.10 Å². The van der Waals surface area contributed by atoms with Crippen molar-refractivity contribution < 1.29 is 9.53 Å². The van der Waals surface area contributed by atoms with Crippen LogP contribution >= 0.6 is 0 Å². The highest BCUT2D eigenvalue weighted by atomic mass is 16.5. The minimum absolute atomic E-state index is 0.318. The zero-order valence-corrected chi connectivity index (χ0v) is 12.9. The summed E-state index contributed by atoms with van der Waals surface area (Å²) in [4.78, 5) is 15.9. The first-order chi connectivity index (χ1) is 11.7. The van der Waals surface area contributed by atoms with Gasteiger partial charge < -0.3 is 15.4 Å². The number of rotatable bonds is 5. The summed E-state index contributed by atoms with van der Waals surface area (Å²) in [5, 5.41) is 14.0. The van der Waals surface area contributed by atoms with Crippen LogP contribution < -0.4 is 10.6 Å². The van der Waals surface area contributed by atoms with E-state index in [2.05, 4.69) is 25.8 Å². The topological polar surface area (TPSA) is 89.0 Å². The highest BCUT2D eigenvalue weighted by molar-refractivity contribution is 5.90. The standard InChI is InChI=1S/C17H15N5O2/c1-24-16(23)12-6-5-9-14(10-12)20-17-21-15(11-18-22-17)19-13-7-3-2-4-8-13/h2-11H,1H3,(H2,19,20,21,22). The zero-order chi connectivity index (χ0) is 16.8. The molecule has 0 spiro atoms. The summed E-state index contributed by atoms with van der Waals surface area (Å²) in [5.41, 5.74) is 2.00. The number of nitrogens with one attached hydrogen (secondary N) is 2. The van der Waals surface area contributed by atoms with Gasteiger partial charge in [0.25, 0.3) is 0 Å². The lowest BCUT2D eigenvalue weighted by Crippen LogP contribution is -2.04. The van der Waals surface area contributed by atoms with Crippen LogP contribution in [0.3, 0.4) is 0 Å². The molecule has 1 aromatic heterocycles. The summed E-state index contributed by atoms with van der Waals surface area (Å²) in [6, 6.07) is 16.5. The number of hydrogen-bond donors (Lipinski definition) is 2. The molecule has 7 heteroatoms. The number of esters is 1. The first-order valence-corrected chi connectivity index (χ1v) is 7.22. The van der Waals surface area contributed by atoms with Crippen molar-refractivity contribution in [3.63, 3.8) is 0 Å². The van der Waals surface area contributed by atoms with Gasteiger partial charge in [0.05, 0.1) is 18.9 Å². The van der Waals surface area contributed by atoms with Gasteiger partial charge in [-0.2, -0.15) is 10.1 Å². The third kappa shape index (κ3) is 3.83. The molecule has 0 atom stereocenters. The van der Waals surface area contributed by atoms with Crippen LogP contribution in [0.2, 0.25) is 0 Å². The average Bonchev–Trinajstić information content (AvgIpc) is 2.62. The van der Waals surface area contributed by atoms with Gasteiger partial charge in [0, 0.05) is 11.4 Å². The Labute approximate surface area is 138 Å². The molecule has 3 aromatic rings. The molecule has 0 aliphatic heterocycles. The SMILES string of the molecule is COC(=O)c1cccc(Nc2nncc(Nc3ccccc3)n2)c1. The number of ether oxygens (including phenoxy) is 1. The molecule has 3 rings (SSSR count). The van der Waals surface area contributed by atoms with E-state index in [1.807, 2.05) is 30.3 Å².